The molecule has 3 rings (SSSR count). The Kier molecular flexibility index (Phi) is 5.57. The molecule has 4 N–H and O–H groups in total. The average Bonchev–Trinajstić information content (AvgIpc) is 3.45. The minimum atomic E-state index is -3.71. The Morgan fingerprint density at radius 1 is 1.00 bits per heavy atom. The SMILES string of the molecule is NS(=O)(=O)c1ccc(CCNC(=O)c2cccc(C(=O)NC3CC3)c2)cc1. The summed E-state index contributed by atoms with van der Waals surface area (Å²) in [5, 5.41) is 10.8. The topological polar surface area (TPSA) is 118 Å². The van der Waals surface area contributed by atoms with Crippen LogP contribution in [0.3, 0.4) is 0 Å². The Labute approximate surface area is 158 Å². The number of nitrogens with two attached hydrogens (primary N) is 1. The van der Waals surface area contributed by atoms with Gasteiger partial charge < -0.3 is 10.6 Å². The molecule has 142 valence electrons. The van der Waals surface area contributed by atoms with Crippen LogP contribution in [0.1, 0.15) is 39.1 Å². The second-order valence-electron chi connectivity index (χ2n) is 6.52. The van der Waals surface area contributed by atoms with Gasteiger partial charge in [0.05, 0.1) is 4.90 Å². The van der Waals surface area contributed by atoms with E-state index in [4.69, 9.17) is 5.14 Å². The predicted octanol–water partition coefficient (Wildman–Crippen LogP) is 1.20. The fourth-order valence-electron chi connectivity index (χ4n) is 2.57. The summed E-state index contributed by atoms with van der Waals surface area (Å²) < 4.78 is 22.5. The first kappa shape index (κ1) is 19.1. The molecular formula is C19H21N3O4S. The van der Waals surface area contributed by atoms with Crippen molar-refractivity contribution in [1.29, 1.82) is 0 Å². The van der Waals surface area contributed by atoms with Gasteiger partial charge in [-0.05, 0) is 55.2 Å². The van der Waals surface area contributed by atoms with Crippen molar-refractivity contribution < 1.29 is 18.0 Å². The maximum Gasteiger partial charge on any atom is 0.251 e. The molecule has 2 amide bonds. The zero-order valence-corrected chi connectivity index (χ0v) is 15.5. The van der Waals surface area contributed by atoms with Crippen LogP contribution >= 0.6 is 0 Å². The molecule has 27 heavy (non-hydrogen) atoms. The molecule has 0 aromatic heterocycles. The number of amides is 2. The van der Waals surface area contributed by atoms with Gasteiger partial charge in [-0.2, -0.15) is 0 Å². The van der Waals surface area contributed by atoms with Crippen molar-refractivity contribution in [2.45, 2.75) is 30.2 Å². The lowest BCUT2D eigenvalue weighted by atomic mass is 10.1. The summed E-state index contributed by atoms with van der Waals surface area (Å²) >= 11 is 0. The largest absolute Gasteiger partial charge is 0.352 e. The van der Waals surface area contributed by atoms with Gasteiger partial charge in [-0.3, -0.25) is 9.59 Å². The first-order valence-corrected chi connectivity index (χ1v) is 10.2. The summed E-state index contributed by atoms with van der Waals surface area (Å²) in [7, 11) is -3.71. The Bertz CT molecular complexity index is 951. The Morgan fingerprint density at radius 3 is 2.22 bits per heavy atom. The average molecular weight is 387 g/mol. The van der Waals surface area contributed by atoms with Gasteiger partial charge in [0.1, 0.15) is 0 Å². The molecule has 1 fully saturated rings. The molecular weight excluding hydrogens is 366 g/mol. The molecule has 0 radical (unpaired) electrons. The van der Waals surface area contributed by atoms with Gasteiger partial charge in [0, 0.05) is 23.7 Å². The third-order valence-electron chi connectivity index (χ3n) is 4.25. The van der Waals surface area contributed by atoms with E-state index in [0.29, 0.717) is 24.1 Å². The van der Waals surface area contributed by atoms with Crippen LogP contribution in [0.4, 0.5) is 0 Å². The monoisotopic (exact) mass is 387 g/mol. The molecule has 0 saturated heterocycles. The first-order chi connectivity index (χ1) is 12.8. The van der Waals surface area contributed by atoms with Crippen molar-refractivity contribution in [3.8, 4) is 0 Å². The van der Waals surface area contributed by atoms with Crippen LogP contribution in [0.2, 0.25) is 0 Å². The Morgan fingerprint density at radius 2 is 1.63 bits per heavy atom. The fourth-order valence-corrected chi connectivity index (χ4v) is 3.08. The van der Waals surface area contributed by atoms with Crippen molar-refractivity contribution in [1.82, 2.24) is 10.6 Å². The summed E-state index contributed by atoms with van der Waals surface area (Å²) in [6.45, 7) is 0.381. The van der Waals surface area contributed by atoms with E-state index in [1.807, 2.05) is 0 Å². The number of carbonyl (C=O) groups is 2. The quantitative estimate of drug-likeness (QED) is 0.661. The maximum atomic E-state index is 12.3. The van der Waals surface area contributed by atoms with Gasteiger partial charge >= 0.3 is 0 Å². The molecule has 1 saturated carbocycles. The van der Waals surface area contributed by atoms with Gasteiger partial charge in [-0.25, -0.2) is 13.6 Å². The van der Waals surface area contributed by atoms with E-state index in [-0.39, 0.29) is 22.8 Å². The Hall–Kier alpha value is -2.71. The lowest BCUT2D eigenvalue weighted by Gasteiger charge is -2.08. The van der Waals surface area contributed by atoms with Crippen molar-refractivity contribution in [3.05, 3.63) is 65.2 Å². The number of rotatable bonds is 7. The zero-order chi connectivity index (χ0) is 19.4. The second-order valence-corrected chi connectivity index (χ2v) is 8.08. The fraction of sp³-hybridized carbons (Fsp3) is 0.263. The van der Waals surface area contributed by atoms with Crippen molar-refractivity contribution in [2.24, 2.45) is 5.14 Å². The van der Waals surface area contributed by atoms with Crippen LogP contribution in [-0.2, 0) is 16.4 Å². The summed E-state index contributed by atoms with van der Waals surface area (Å²) in [6, 6.07) is 13.1. The summed E-state index contributed by atoms with van der Waals surface area (Å²) in [4.78, 5) is 24.4. The normalized spacial score (nSPS) is 13.8. The van der Waals surface area contributed by atoms with Gasteiger partial charge in [0.25, 0.3) is 11.8 Å². The highest BCUT2D eigenvalue weighted by molar-refractivity contribution is 7.89. The standard InChI is InChI=1S/C19H21N3O4S/c20-27(25,26)17-8-4-13(5-9-17)10-11-21-18(23)14-2-1-3-15(12-14)19(24)22-16-6-7-16/h1-5,8-9,12,16H,6-7,10-11H2,(H,21,23)(H,22,24)(H2,20,25,26). The molecule has 2 aromatic rings. The van der Waals surface area contributed by atoms with Crippen molar-refractivity contribution in [3.63, 3.8) is 0 Å². The van der Waals surface area contributed by atoms with E-state index in [0.717, 1.165) is 18.4 Å². The minimum Gasteiger partial charge on any atom is -0.352 e. The van der Waals surface area contributed by atoms with Crippen LogP contribution in [0.5, 0.6) is 0 Å². The van der Waals surface area contributed by atoms with Crippen LogP contribution in [0.25, 0.3) is 0 Å². The van der Waals surface area contributed by atoms with Crippen LogP contribution < -0.4 is 15.8 Å². The van der Waals surface area contributed by atoms with Crippen molar-refractivity contribution in [2.75, 3.05) is 6.54 Å². The number of primary sulfonamides is 1. The maximum absolute atomic E-state index is 12.3. The highest BCUT2D eigenvalue weighted by Crippen LogP contribution is 2.19. The van der Waals surface area contributed by atoms with Crippen LogP contribution in [-0.4, -0.2) is 32.8 Å². The molecule has 1 aliphatic carbocycles. The van der Waals surface area contributed by atoms with Gasteiger partial charge in [0.15, 0.2) is 0 Å². The van der Waals surface area contributed by atoms with E-state index in [9.17, 15) is 18.0 Å². The van der Waals surface area contributed by atoms with E-state index in [2.05, 4.69) is 10.6 Å². The number of nitrogens with one attached hydrogen (secondary N) is 2. The lowest BCUT2D eigenvalue weighted by Crippen LogP contribution is -2.27. The van der Waals surface area contributed by atoms with E-state index >= 15 is 0 Å². The predicted molar refractivity (Wildman–Crippen MR) is 101 cm³/mol. The highest BCUT2D eigenvalue weighted by atomic mass is 32.2. The molecule has 1 aliphatic rings. The van der Waals surface area contributed by atoms with E-state index in [1.54, 1.807) is 36.4 Å². The van der Waals surface area contributed by atoms with Gasteiger partial charge in [-0.1, -0.05) is 18.2 Å². The molecule has 0 aliphatic heterocycles. The molecule has 0 heterocycles. The summed E-state index contributed by atoms with van der Waals surface area (Å²) in [5.74, 6) is -0.431. The third-order valence-corrected chi connectivity index (χ3v) is 5.18. The van der Waals surface area contributed by atoms with Gasteiger partial charge in [0.2, 0.25) is 10.0 Å². The zero-order valence-electron chi connectivity index (χ0n) is 14.6. The number of hydrogen-bond acceptors (Lipinski definition) is 4. The lowest BCUT2D eigenvalue weighted by molar-refractivity contribution is 0.0951. The summed E-state index contributed by atoms with van der Waals surface area (Å²) in [6.07, 6.45) is 2.55. The highest BCUT2D eigenvalue weighted by Gasteiger charge is 2.24. The minimum absolute atomic E-state index is 0.0524. The van der Waals surface area contributed by atoms with Gasteiger partial charge in [-0.15, -0.1) is 0 Å². The smallest absolute Gasteiger partial charge is 0.251 e. The Balaban J connectivity index is 1.54. The van der Waals surface area contributed by atoms with E-state index < -0.39 is 10.0 Å². The molecule has 8 heteroatoms. The van der Waals surface area contributed by atoms with Crippen LogP contribution in [0.15, 0.2) is 53.4 Å². The molecule has 0 bridgehead atoms. The van der Waals surface area contributed by atoms with E-state index in [1.165, 1.54) is 12.1 Å². The number of benzene rings is 2. The molecule has 7 nitrogen and oxygen atoms in total. The van der Waals surface area contributed by atoms with Crippen molar-refractivity contribution >= 4 is 21.8 Å². The number of sulfonamides is 1. The second kappa shape index (κ2) is 7.89. The molecule has 0 spiro atoms. The number of hydrogen-bond donors (Lipinski definition) is 3. The first-order valence-electron chi connectivity index (χ1n) is 8.64. The third kappa shape index (κ3) is 5.38. The molecule has 0 unspecified atom stereocenters. The van der Waals surface area contributed by atoms with Crippen LogP contribution in [0, 0.1) is 0 Å². The number of carbonyl (C=O) groups excluding carboxylic acids is 2. The summed E-state index contributed by atoms with van der Waals surface area (Å²) in [5.41, 5.74) is 1.76. The molecule has 0 atom stereocenters. The molecule has 2 aromatic carbocycles.